The van der Waals surface area contributed by atoms with Gasteiger partial charge in [-0.2, -0.15) is 0 Å². The first-order valence-corrected chi connectivity index (χ1v) is 11.0. The predicted molar refractivity (Wildman–Crippen MR) is 126 cm³/mol. The molecule has 0 fully saturated rings. The number of aromatic amines is 1. The van der Waals surface area contributed by atoms with Crippen LogP contribution in [0.1, 0.15) is 75.5 Å². The number of carbonyl (C=O) groups is 1. The Kier molecular flexibility index (Phi) is 5.05. The van der Waals surface area contributed by atoms with Crippen LogP contribution in [0.5, 0.6) is 11.5 Å². The third-order valence-corrected chi connectivity index (χ3v) is 6.37. The van der Waals surface area contributed by atoms with Crippen LogP contribution in [0.3, 0.4) is 0 Å². The summed E-state index contributed by atoms with van der Waals surface area (Å²) in [4.78, 5) is 15.5. The van der Waals surface area contributed by atoms with Crippen LogP contribution in [0.25, 0.3) is 10.9 Å². The van der Waals surface area contributed by atoms with E-state index in [1.54, 1.807) is 12.1 Å². The molecule has 0 spiro atoms. The summed E-state index contributed by atoms with van der Waals surface area (Å²) in [5, 5.41) is 35.1. The standard InChI is InChI=1S/C26H32N2O4/c1-25(2,3)17-9-13(10-18(23(17)30)26(4,5)6)21-22-16(12-20(28-21)24(31)32)15-11-14(29)7-8-19(15)27-22/h7-11,20-21,27-30H,12H2,1-6H3,(H,31,32)/t20-,21+/m0/s1. The lowest BCUT2D eigenvalue weighted by Gasteiger charge is -2.33. The Morgan fingerprint density at radius 1 is 0.969 bits per heavy atom. The second kappa shape index (κ2) is 7.27. The number of rotatable bonds is 2. The molecule has 0 radical (unpaired) electrons. The number of H-pyrrole nitrogens is 1. The summed E-state index contributed by atoms with van der Waals surface area (Å²) in [5.74, 6) is -0.474. The zero-order valence-electron chi connectivity index (χ0n) is 19.5. The van der Waals surface area contributed by atoms with Gasteiger partial charge in [-0.05, 0) is 63.4 Å². The van der Waals surface area contributed by atoms with Gasteiger partial charge in [-0.15, -0.1) is 0 Å². The maximum absolute atomic E-state index is 12.0. The lowest BCUT2D eigenvalue weighted by Crippen LogP contribution is -2.45. The zero-order chi connectivity index (χ0) is 23.6. The predicted octanol–water partition coefficient (Wildman–Crippen LogP) is 4.86. The summed E-state index contributed by atoms with van der Waals surface area (Å²) in [5.41, 5.74) is 4.62. The van der Waals surface area contributed by atoms with Gasteiger partial charge in [-0.3, -0.25) is 10.1 Å². The molecule has 0 unspecified atom stereocenters. The maximum Gasteiger partial charge on any atom is 0.321 e. The number of hydrogen-bond donors (Lipinski definition) is 5. The molecular weight excluding hydrogens is 404 g/mol. The molecule has 3 aromatic rings. The maximum atomic E-state index is 12.0. The summed E-state index contributed by atoms with van der Waals surface area (Å²) in [6.45, 7) is 12.4. The fraction of sp³-hybridized carbons (Fsp3) is 0.423. The molecule has 6 heteroatoms. The molecule has 0 amide bonds. The number of fused-ring (bicyclic) bond motifs is 3. The molecule has 0 aliphatic carbocycles. The Morgan fingerprint density at radius 3 is 2.09 bits per heavy atom. The van der Waals surface area contributed by atoms with Crippen molar-refractivity contribution in [3.05, 3.63) is 58.3 Å². The van der Waals surface area contributed by atoms with Crippen molar-refractivity contribution in [2.75, 3.05) is 0 Å². The first-order chi connectivity index (χ1) is 14.8. The van der Waals surface area contributed by atoms with Gasteiger partial charge >= 0.3 is 5.97 Å². The molecule has 1 aromatic heterocycles. The zero-order valence-corrected chi connectivity index (χ0v) is 19.5. The number of nitrogens with one attached hydrogen (secondary N) is 2. The van der Waals surface area contributed by atoms with Crippen molar-refractivity contribution in [2.45, 2.75) is 70.9 Å². The van der Waals surface area contributed by atoms with E-state index in [9.17, 15) is 20.1 Å². The average Bonchev–Trinajstić information content (AvgIpc) is 3.03. The van der Waals surface area contributed by atoms with Gasteiger partial charge in [0.2, 0.25) is 0 Å². The van der Waals surface area contributed by atoms with Gasteiger partial charge in [0.25, 0.3) is 0 Å². The van der Waals surface area contributed by atoms with E-state index in [0.717, 1.165) is 38.9 Å². The van der Waals surface area contributed by atoms with Gasteiger partial charge in [-0.25, -0.2) is 0 Å². The molecule has 170 valence electrons. The van der Waals surface area contributed by atoms with Gasteiger partial charge in [-0.1, -0.05) is 41.5 Å². The van der Waals surface area contributed by atoms with Gasteiger partial charge in [0.1, 0.15) is 17.5 Å². The highest BCUT2D eigenvalue weighted by Crippen LogP contribution is 2.43. The third kappa shape index (κ3) is 3.73. The van der Waals surface area contributed by atoms with Crippen LogP contribution in [0.4, 0.5) is 0 Å². The van der Waals surface area contributed by atoms with Crippen molar-refractivity contribution < 1.29 is 20.1 Å². The first-order valence-electron chi connectivity index (χ1n) is 11.0. The Labute approximate surface area is 188 Å². The Bertz CT molecular complexity index is 1180. The Balaban J connectivity index is 1.99. The van der Waals surface area contributed by atoms with E-state index in [1.807, 2.05) is 18.2 Å². The molecule has 2 heterocycles. The van der Waals surface area contributed by atoms with Gasteiger partial charge in [0, 0.05) is 23.0 Å². The SMILES string of the molecule is CC(C)(C)c1cc([C@H]2N[C@H](C(=O)O)Cc3c2[nH]c2ccc(O)cc32)cc(C(C)(C)C)c1O. The number of phenolic OH excluding ortho intramolecular Hbond substituents is 2. The summed E-state index contributed by atoms with van der Waals surface area (Å²) in [6, 6.07) is 7.93. The topological polar surface area (TPSA) is 106 Å². The minimum Gasteiger partial charge on any atom is -0.508 e. The largest absolute Gasteiger partial charge is 0.508 e. The molecule has 2 atom stereocenters. The lowest BCUT2D eigenvalue weighted by atomic mass is 9.77. The summed E-state index contributed by atoms with van der Waals surface area (Å²) in [6.07, 6.45) is 0.320. The average molecular weight is 437 g/mol. The highest BCUT2D eigenvalue weighted by molar-refractivity contribution is 5.88. The highest BCUT2D eigenvalue weighted by Gasteiger charge is 2.36. The molecule has 2 aromatic carbocycles. The van der Waals surface area contributed by atoms with E-state index in [2.05, 4.69) is 51.8 Å². The van der Waals surface area contributed by atoms with E-state index < -0.39 is 18.1 Å². The number of phenols is 2. The number of aromatic hydroxyl groups is 2. The second-order valence-electron chi connectivity index (χ2n) is 10.9. The van der Waals surface area contributed by atoms with Crippen molar-refractivity contribution >= 4 is 16.9 Å². The van der Waals surface area contributed by atoms with Gasteiger partial charge in [0.05, 0.1) is 6.04 Å². The molecule has 0 bridgehead atoms. The highest BCUT2D eigenvalue weighted by atomic mass is 16.4. The molecule has 5 N–H and O–H groups in total. The normalized spacial score (nSPS) is 19.2. The molecule has 6 nitrogen and oxygen atoms in total. The Morgan fingerprint density at radius 2 is 1.56 bits per heavy atom. The fourth-order valence-corrected chi connectivity index (χ4v) is 4.66. The summed E-state index contributed by atoms with van der Waals surface area (Å²) in [7, 11) is 0. The fourth-order valence-electron chi connectivity index (χ4n) is 4.66. The van der Waals surface area contributed by atoms with Crippen LogP contribution in [0.15, 0.2) is 30.3 Å². The van der Waals surface area contributed by atoms with Crippen molar-refractivity contribution in [3.63, 3.8) is 0 Å². The number of aliphatic carboxylic acids is 1. The molecule has 1 aliphatic rings. The van der Waals surface area contributed by atoms with Crippen LogP contribution < -0.4 is 5.32 Å². The van der Waals surface area contributed by atoms with Crippen LogP contribution in [0.2, 0.25) is 0 Å². The Hall–Kier alpha value is -2.99. The number of benzene rings is 2. The van der Waals surface area contributed by atoms with E-state index in [0.29, 0.717) is 12.2 Å². The molecule has 32 heavy (non-hydrogen) atoms. The molecule has 0 saturated heterocycles. The van der Waals surface area contributed by atoms with Crippen molar-refractivity contribution in [1.29, 1.82) is 0 Å². The van der Waals surface area contributed by atoms with Crippen LogP contribution in [-0.2, 0) is 22.0 Å². The lowest BCUT2D eigenvalue weighted by molar-refractivity contribution is -0.139. The van der Waals surface area contributed by atoms with Crippen molar-refractivity contribution in [3.8, 4) is 11.5 Å². The minimum absolute atomic E-state index is 0.149. The quantitative estimate of drug-likeness (QED) is 0.394. The van der Waals surface area contributed by atoms with Gasteiger partial charge < -0.3 is 20.3 Å². The van der Waals surface area contributed by atoms with E-state index in [4.69, 9.17) is 0 Å². The number of aromatic nitrogens is 1. The molecular formula is C26H32N2O4. The van der Waals surface area contributed by atoms with E-state index in [-0.39, 0.29) is 16.6 Å². The molecule has 4 rings (SSSR count). The summed E-state index contributed by atoms with van der Waals surface area (Å²) < 4.78 is 0. The molecule has 0 saturated carbocycles. The van der Waals surface area contributed by atoms with Crippen LogP contribution in [-0.4, -0.2) is 32.3 Å². The number of hydrogen-bond acceptors (Lipinski definition) is 4. The minimum atomic E-state index is -0.916. The summed E-state index contributed by atoms with van der Waals surface area (Å²) >= 11 is 0. The smallest absolute Gasteiger partial charge is 0.321 e. The van der Waals surface area contributed by atoms with E-state index >= 15 is 0 Å². The number of carboxylic acid groups (broad SMARTS) is 1. The van der Waals surface area contributed by atoms with Crippen molar-refractivity contribution in [2.24, 2.45) is 0 Å². The second-order valence-corrected chi connectivity index (χ2v) is 10.9. The van der Waals surface area contributed by atoms with Crippen LogP contribution in [0, 0.1) is 0 Å². The number of carboxylic acids is 1. The van der Waals surface area contributed by atoms with Crippen molar-refractivity contribution in [1.82, 2.24) is 10.3 Å². The molecule has 1 aliphatic heterocycles. The van der Waals surface area contributed by atoms with E-state index in [1.165, 1.54) is 0 Å². The first kappa shape index (κ1) is 22.2. The van der Waals surface area contributed by atoms with Gasteiger partial charge in [0.15, 0.2) is 0 Å². The third-order valence-electron chi connectivity index (χ3n) is 6.37. The van der Waals surface area contributed by atoms with Crippen LogP contribution >= 0.6 is 0 Å². The monoisotopic (exact) mass is 436 g/mol.